The predicted molar refractivity (Wildman–Crippen MR) is 74.0 cm³/mol. The van der Waals surface area contributed by atoms with Crippen molar-refractivity contribution < 1.29 is 4.79 Å². The Morgan fingerprint density at radius 3 is 2.72 bits per heavy atom. The lowest BCUT2D eigenvalue weighted by Gasteiger charge is -2.20. The summed E-state index contributed by atoms with van der Waals surface area (Å²) in [7, 11) is 0. The average Bonchev–Trinajstić information content (AvgIpc) is 2.38. The molecule has 0 aliphatic heterocycles. The number of nitrogens with one attached hydrogen (secondary N) is 1. The quantitative estimate of drug-likeness (QED) is 0.666. The molecular formula is C14H21N3O. The SMILES string of the molecule is C=CCNC(=O)CN(CCN)Cc1ccccc1. The van der Waals surface area contributed by atoms with E-state index in [2.05, 4.69) is 11.9 Å². The van der Waals surface area contributed by atoms with E-state index < -0.39 is 0 Å². The normalized spacial score (nSPS) is 10.3. The fourth-order valence-electron chi connectivity index (χ4n) is 1.68. The van der Waals surface area contributed by atoms with Gasteiger partial charge in [-0.3, -0.25) is 9.69 Å². The minimum atomic E-state index is -0.000666. The second-order valence-corrected chi connectivity index (χ2v) is 4.08. The Balaban J connectivity index is 2.49. The fraction of sp³-hybridized carbons (Fsp3) is 0.357. The third-order valence-corrected chi connectivity index (χ3v) is 2.51. The summed E-state index contributed by atoms with van der Waals surface area (Å²) in [6, 6.07) is 10.1. The van der Waals surface area contributed by atoms with Crippen LogP contribution in [0.3, 0.4) is 0 Å². The largest absolute Gasteiger partial charge is 0.352 e. The first-order chi connectivity index (χ1) is 8.76. The minimum Gasteiger partial charge on any atom is -0.352 e. The van der Waals surface area contributed by atoms with Crippen molar-refractivity contribution in [2.24, 2.45) is 5.73 Å². The molecule has 1 amide bonds. The van der Waals surface area contributed by atoms with Gasteiger partial charge in [-0.2, -0.15) is 0 Å². The van der Waals surface area contributed by atoms with Crippen LogP contribution >= 0.6 is 0 Å². The van der Waals surface area contributed by atoms with E-state index in [-0.39, 0.29) is 5.91 Å². The van der Waals surface area contributed by atoms with Crippen LogP contribution in [0.4, 0.5) is 0 Å². The van der Waals surface area contributed by atoms with Gasteiger partial charge in [0, 0.05) is 26.2 Å². The van der Waals surface area contributed by atoms with E-state index in [0.717, 1.165) is 6.54 Å². The first-order valence-electron chi connectivity index (χ1n) is 6.10. The van der Waals surface area contributed by atoms with Crippen molar-refractivity contribution >= 4 is 5.91 Å². The standard InChI is InChI=1S/C14H21N3O/c1-2-9-16-14(18)12-17(10-8-15)11-13-6-4-3-5-7-13/h2-7H,1,8-12,15H2,(H,16,18). The van der Waals surface area contributed by atoms with Crippen LogP contribution < -0.4 is 11.1 Å². The lowest BCUT2D eigenvalue weighted by atomic mass is 10.2. The Bertz CT molecular complexity index is 365. The number of amides is 1. The van der Waals surface area contributed by atoms with E-state index in [0.29, 0.717) is 26.2 Å². The van der Waals surface area contributed by atoms with Gasteiger partial charge in [-0.15, -0.1) is 6.58 Å². The molecule has 1 aromatic rings. The third-order valence-electron chi connectivity index (χ3n) is 2.51. The highest BCUT2D eigenvalue weighted by Crippen LogP contribution is 2.03. The molecule has 0 saturated carbocycles. The molecule has 0 aromatic heterocycles. The summed E-state index contributed by atoms with van der Waals surface area (Å²) in [6.07, 6.45) is 1.67. The molecule has 0 fully saturated rings. The van der Waals surface area contributed by atoms with Gasteiger partial charge in [0.1, 0.15) is 0 Å². The number of nitrogens with two attached hydrogens (primary N) is 1. The second-order valence-electron chi connectivity index (χ2n) is 4.08. The first kappa shape index (κ1) is 14.4. The van der Waals surface area contributed by atoms with Crippen molar-refractivity contribution in [1.29, 1.82) is 0 Å². The smallest absolute Gasteiger partial charge is 0.234 e. The van der Waals surface area contributed by atoms with Crippen LogP contribution in [0.25, 0.3) is 0 Å². The molecule has 98 valence electrons. The number of hydrogen-bond acceptors (Lipinski definition) is 3. The molecule has 0 bridgehead atoms. The van der Waals surface area contributed by atoms with E-state index in [1.165, 1.54) is 5.56 Å². The van der Waals surface area contributed by atoms with Gasteiger partial charge in [0.25, 0.3) is 0 Å². The first-order valence-corrected chi connectivity index (χ1v) is 6.10. The maximum atomic E-state index is 11.6. The molecule has 0 spiro atoms. The molecule has 0 aliphatic carbocycles. The molecule has 4 nitrogen and oxygen atoms in total. The lowest BCUT2D eigenvalue weighted by molar-refractivity contribution is -0.122. The number of hydrogen-bond donors (Lipinski definition) is 2. The van der Waals surface area contributed by atoms with Crippen LogP contribution in [0.2, 0.25) is 0 Å². The molecule has 0 atom stereocenters. The Hall–Kier alpha value is -1.65. The summed E-state index contributed by atoms with van der Waals surface area (Å²) in [5.41, 5.74) is 6.75. The average molecular weight is 247 g/mol. The molecule has 4 heteroatoms. The summed E-state index contributed by atoms with van der Waals surface area (Å²) < 4.78 is 0. The van der Waals surface area contributed by atoms with Crippen molar-refractivity contribution in [2.75, 3.05) is 26.2 Å². The summed E-state index contributed by atoms with van der Waals surface area (Å²) in [5.74, 6) is -0.000666. The Morgan fingerprint density at radius 1 is 1.39 bits per heavy atom. The Labute approximate surface area is 108 Å². The van der Waals surface area contributed by atoms with Gasteiger partial charge < -0.3 is 11.1 Å². The minimum absolute atomic E-state index is 0.000666. The van der Waals surface area contributed by atoms with Gasteiger partial charge in [-0.25, -0.2) is 0 Å². The van der Waals surface area contributed by atoms with Crippen molar-refractivity contribution in [2.45, 2.75) is 6.54 Å². The highest BCUT2D eigenvalue weighted by molar-refractivity contribution is 5.78. The summed E-state index contributed by atoms with van der Waals surface area (Å²) in [5, 5.41) is 2.77. The maximum Gasteiger partial charge on any atom is 0.234 e. The van der Waals surface area contributed by atoms with E-state index >= 15 is 0 Å². The maximum absolute atomic E-state index is 11.6. The predicted octanol–water partition coefficient (Wildman–Crippen LogP) is 0.750. The molecule has 18 heavy (non-hydrogen) atoms. The molecule has 1 rings (SSSR count). The summed E-state index contributed by atoms with van der Waals surface area (Å²) >= 11 is 0. The van der Waals surface area contributed by atoms with E-state index in [1.54, 1.807) is 6.08 Å². The van der Waals surface area contributed by atoms with Crippen LogP contribution in [0, 0.1) is 0 Å². The van der Waals surface area contributed by atoms with Crippen molar-refractivity contribution in [1.82, 2.24) is 10.2 Å². The van der Waals surface area contributed by atoms with Crippen LogP contribution in [0.1, 0.15) is 5.56 Å². The summed E-state index contributed by atoms with van der Waals surface area (Å²) in [4.78, 5) is 13.7. The van der Waals surface area contributed by atoms with Crippen molar-refractivity contribution in [3.8, 4) is 0 Å². The van der Waals surface area contributed by atoms with Crippen molar-refractivity contribution in [3.63, 3.8) is 0 Å². The monoisotopic (exact) mass is 247 g/mol. The zero-order valence-electron chi connectivity index (χ0n) is 10.6. The number of carbonyl (C=O) groups excluding carboxylic acids is 1. The van der Waals surface area contributed by atoms with Crippen LogP contribution in [-0.4, -0.2) is 37.0 Å². The lowest BCUT2D eigenvalue weighted by Crippen LogP contribution is -2.39. The molecular weight excluding hydrogens is 226 g/mol. The second kappa shape index (κ2) is 8.44. The molecule has 3 N–H and O–H groups in total. The van der Waals surface area contributed by atoms with Gasteiger partial charge in [-0.05, 0) is 5.56 Å². The highest BCUT2D eigenvalue weighted by atomic mass is 16.2. The van der Waals surface area contributed by atoms with Crippen molar-refractivity contribution in [3.05, 3.63) is 48.6 Å². The van der Waals surface area contributed by atoms with E-state index in [1.807, 2.05) is 35.2 Å². The number of rotatable bonds is 8. The van der Waals surface area contributed by atoms with Gasteiger partial charge in [0.05, 0.1) is 6.54 Å². The Morgan fingerprint density at radius 2 is 2.11 bits per heavy atom. The zero-order valence-corrected chi connectivity index (χ0v) is 10.6. The summed E-state index contributed by atoms with van der Waals surface area (Å²) in [6.45, 7) is 6.41. The van der Waals surface area contributed by atoms with Gasteiger partial charge in [-0.1, -0.05) is 36.4 Å². The molecule has 0 saturated heterocycles. The molecule has 1 aromatic carbocycles. The topological polar surface area (TPSA) is 58.4 Å². The molecule has 0 aliphatic rings. The highest BCUT2D eigenvalue weighted by Gasteiger charge is 2.09. The molecule has 0 unspecified atom stereocenters. The Kier molecular flexibility index (Phi) is 6.76. The van der Waals surface area contributed by atoms with Gasteiger partial charge >= 0.3 is 0 Å². The molecule has 0 radical (unpaired) electrons. The van der Waals surface area contributed by atoms with Gasteiger partial charge in [0.15, 0.2) is 0 Å². The van der Waals surface area contributed by atoms with Crippen LogP contribution in [0.5, 0.6) is 0 Å². The number of carbonyl (C=O) groups is 1. The number of nitrogens with zero attached hydrogens (tertiary/aromatic N) is 1. The molecule has 0 heterocycles. The van der Waals surface area contributed by atoms with E-state index in [9.17, 15) is 4.79 Å². The van der Waals surface area contributed by atoms with E-state index in [4.69, 9.17) is 5.73 Å². The van der Waals surface area contributed by atoms with Crippen LogP contribution in [-0.2, 0) is 11.3 Å². The zero-order chi connectivity index (χ0) is 13.2. The fourth-order valence-corrected chi connectivity index (χ4v) is 1.68. The van der Waals surface area contributed by atoms with Crippen LogP contribution in [0.15, 0.2) is 43.0 Å². The van der Waals surface area contributed by atoms with Gasteiger partial charge in [0.2, 0.25) is 5.91 Å². The number of benzene rings is 1. The third kappa shape index (κ3) is 5.61.